The van der Waals surface area contributed by atoms with E-state index in [4.69, 9.17) is 0 Å². The Hall–Kier alpha value is -0.455. The first-order valence-corrected chi connectivity index (χ1v) is 5.07. The molecule has 0 spiro atoms. The van der Waals surface area contributed by atoms with E-state index >= 15 is 0 Å². The highest BCUT2D eigenvalue weighted by Gasteiger charge is 2.27. The van der Waals surface area contributed by atoms with Gasteiger partial charge in [-0.25, -0.2) is 0 Å². The second-order valence-electron chi connectivity index (χ2n) is 3.08. The fraction of sp³-hybridized carbons (Fsp3) is 0.571. The van der Waals surface area contributed by atoms with Gasteiger partial charge in [0.2, 0.25) is 0 Å². The van der Waals surface area contributed by atoms with E-state index in [1.165, 1.54) is 4.68 Å². The minimum atomic E-state index is -4.81. The van der Waals surface area contributed by atoms with Crippen LogP contribution in [0.25, 0.3) is 0 Å². The topological polar surface area (TPSA) is 17.8 Å². The highest BCUT2D eigenvalue weighted by atomic mass is 79.9. The van der Waals surface area contributed by atoms with Crippen molar-refractivity contribution in [3.05, 3.63) is 15.9 Å². The molecule has 14 heavy (non-hydrogen) atoms. The lowest BCUT2D eigenvalue weighted by molar-refractivity contribution is 0.461. The van der Waals surface area contributed by atoms with Crippen LogP contribution in [0.4, 0.5) is 12.9 Å². The van der Waals surface area contributed by atoms with E-state index in [-0.39, 0.29) is 5.69 Å². The number of hydrogen-bond donors (Lipinski definition) is 0. The summed E-state index contributed by atoms with van der Waals surface area (Å²) in [6.07, 6.45) is -0.880. The van der Waals surface area contributed by atoms with Crippen LogP contribution in [0.5, 0.6) is 0 Å². The SMILES string of the molecule is CCn1nc(C)c(Br)c1C[B-](F)(F)F. The van der Waals surface area contributed by atoms with E-state index in [0.29, 0.717) is 16.7 Å². The van der Waals surface area contributed by atoms with Crippen LogP contribution in [-0.4, -0.2) is 16.8 Å². The summed E-state index contributed by atoms with van der Waals surface area (Å²) in [5.74, 6) is 0. The summed E-state index contributed by atoms with van der Waals surface area (Å²) in [5.41, 5.74) is 0.819. The molecule has 0 amide bonds. The summed E-state index contributed by atoms with van der Waals surface area (Å²) < 4.78 is 38.6. The van der Waals surface area contributed by atoms with Gasteiger partial charge in [0, 0.05) is 12.2 Å². The molecule has 1 rings (SSSR count). The first-order chi connectivity index (χ1) is 6.35. The van der Waals surface area contributed by atoms with Gasteiger partial charge in [0.25, 0.3) is 0 Å². The van der Waals surface area contributed by atoms with Crippen molar-refractivity contribution in [1.82, 2.24) is 9.78 Å². The molecule has 0 N–H and O–H groups in total. The molecule has 80 valence electrons. The zero-order chi connectivity index (χ0) is 10.9. The third-order valence-corrected chi connectivity index (χ3v) is 2.91. The van der Waals surface area contributed by atoms with Gasteiger partial charge in [-0.2, -0.15) is 5.10 Å². The Kier molecular flexibility index (Phi) is 3.29. The smallest absolute Gasteiger partial charge is 0.449 e. The maximum Gasteiger partial charge on any atom is 0.484 e. The molecular weight excluding hydrogens is 260 g/mol. The Morgan fingerprint density at radius 2 is 2.00 bits per heavy atom. The lowest BCUT2D eigenvalue weighted by atomic mass is 9.84. The van der Waals surface area contributed by atoms with Crippen LogP contribution >= 0.6 is 15.9 Å². The highest BCUT2D eigenvalue weighted by Crippen LogP contribution is 2.25. The van der Waals surface area contributed by atoms with E-state index < -0.39 is 13.3 Å². The van der Waals surface area contributed by atoms with Crippen molar-refractivity contribution in [3.8, 4) is 0 Å². The second kappa shape index (κ2) is 3.96. The number of aromatic nitrogens is 2. The first-order valence-electron chi connectivity index (χ1n) is 4.28. The molecule has 2 nitrogen and oxygen atoms in total. The van der Waals surface area contributed by atoms with Gasteiger partial charge in [-0.3, -0.25) is 4.68 Å². The fourth-order valence-corrected chi connectivity index (χ4v) is 1.73. The van der Waals surface area contributed by atoms with Gasteiger partial charge >= 0.3 is 6.98 Å². The van der Waals surface area contributed by atoms with Crippen molar-refractivity contribution >= 4 is 22.9 Å². The minimum Gasteiger partial charge on any atom is -0.449 e. The van der Waals surface area contributed by atoms with Gasteiger partial charge in [-0.05, 0) is 36.1 Å². The molecule has 1 aromatic rings. The maximum atomic E-state index is 12.2. The largest absolute Gasteiger partial charge is 0.484 e. The molecular formula is C7H10BBrF3N2-. The van der Waals surface area contributed by atoms with Crippen molar-refractivity contribution in [1.29, 1.82) is 0 Å². The number of hydrogen-bond acceptors (Lipinski definition) is 1. The number of rotatable bonds is 3. The van der Waals surface area contributed by atoms with Crippen LogP contribution in [0.3, 0.4) is 0 Å². The average molecular weight is 270 g/mol. The predicted molar refractivity (Wildman–Crippen MR) is 53.1 cm³/mol. The van der Waals surface area contributed by atoms with Crippen molar-refractivity contribution in [2.24, 2.45) is 0 Å². The van der Waals surface area contributed by atoms with Crippen LogP contribution in [0.15, 0.2) is 4.47 Å². The second-order valence-corrected chi connectivity index (χ2v) is 3.87. The lowest BCUT2D eigenvalue weighted by Gasteiger charge is -2.14. The van der Waals surface area contributed by atoms with Crippen LogP contribution in [0.2, 0.25) is 0 Å². The third-order valence-electron chi connectivity index (χ3n) is 1.88. The van der Waals surface area contributed by atoms with E-state index in [1.54, 1.807) is 13.8 Å². The Balaban J connectivity index is 3.06. The van der Waals surface area contributed by atoms with Gasteiger partial charge in [0.1, 0.15) is 0 Å². The van der Waals surface area contributed by atoms with Gasteiger partial charge in [0.05, 0.1) is 10.2 Å². The van der Waals surface area contributed by atoms with Crippen molar-refractivity contribution in [3.63, 3.8) is 0 Å². The highest BCUT2D eigenvalue weighted by molar-refractivity contribution is 9.10. The maximum absolute atomic E-state index is 12.2. The molecule has 0 aromatic carbocycles. The van der Waals surface area contributed by atoms with E-state index in [9.17, 15) is 12.9 Å². The molecule has 0 atom stereocenters. The van der Waals surface area contributed by atoms with E-state index in [2.05, 4.69) is 21.0 Å². The van der Waals surface area contributed by atoms with Gasteiger partial charge in [-0.1, -0.05) is 0 Å². The van der Waals surface area contributed by atoms with Crippen molar-refractivity contribution < 1.29 is 12.9 Å². The summed E-state index contributed by atoms with van der Waals surface area (Å²) in [6.45, 7) is -0.900. The molecule has 0 saturated heterocycles. The molecule has 0 saturated carbocycles. The molecule has 0 fully saturated rings. The van der Waals surface area contributed by atoms with Gasteiger partial charge < -0.3 is 12.9 Å². The molecule has 0 aliphatic rings. The zero-order valence-electron chi connectivity index (χ0n) is 7.90. The first kappa shape index (κ1) is 11.6. The number of halogens is 4. The molecule has 7 heteroatoms. The quantitative estimate of drug-likeness (QED) is 0.772. The summed E-state index contributed by atoms with van der Waals surface area (Å²) in [5, 5.41) is 3.99. The standard InChI is InChI=1S/C7H10BBrF3N2/c1-3-14-6(4-8(10,11)12)7(9)5(2)13-14/h3-4H2,1-2H3/q-1. The minimum absolute atomic E-state index is 0.220. The molecule has 0 bridgehead atoms. The van der Waals surface area contributed by atoms with Crippen molar-refractivity contribution in [2.75, 3.05) is 0 Å². The Labute approximate surface area is 88.7 Å². The normalized spacial score (nSPS) is 12.1. The number of aryl methyl sites for hydroxylation is 2. The summed E-state index contributed by atoms with van der Waals surface area (Å²) >= 11 is 3.12. The van der Waals surface area contributed by atoms with Crippen molar-refractivity contribution in [2.45, 2.75) is 26.7 Å². The fourth-order valence-electron chi connectivity index (χ4n) is 1.28. The number of nitrogens with zero attached hydrogens (tertiary/aromatic N) is 2. The molecule has 0 aliphatic heterocycles. The Morgan fingerprint density at radius 3 is 2.43 bits per heavy atom. The van der Waals surface area contributed by atoms with Crippen LogP contribution in [-0.2, 0) is 12.9 Å². The Morgan fingerprint density at radius 1 is 1.43 bits per heavy atom. The molecule has 0 unspecified atom stereocenters. The predicted octanol–water partition coefficient (Wildman–Crippen LogP) is 2.90. The summed E-state index contributed by atoms with van der Waals surface area (Å²) in [4.78, 5) is 0. The van der Waals surface area contributed by atoms with Crippen LogP contribution in [0, 0.1) is 6.92 Å². The molecule has 1 heterocycles. The Bertz CT molecular complexity index is 334. The van der Waals surface area contributed by atoms with E-state index in [1.807, 2.05) is 0 Å². The van der Waals surface area contributed by atoms with Gasteiger partial charge in [-0.15, -0.1) is 0 Å². The zero-order valence-corrected chi connectivity index (χ0v) is 9.48. The summed E-state index contributed by atoms with van der Waals surface area (Å²) in [7, 11) is 0. The van der Waals surface area contributed by atoms with Crippen LogP contribution in [0.1, 0.15) is 18.3 Å². The molecule has 1 aromatic heterocycles. The monoisotopic (exact) mass is 269 g/mol. The summed E-state index contributed by atoms with van der Waals surface area (Å²) in [6, 6.07) is 0. The molecule has 0 radical (unpaired) electrons. The van der Waals surface area contributed by atoms with Gasteiger partial charge in [0.15, 0.2) is 0 Å². The average Bonchev–Trinajstić information content (AvgIpc) is 2.30. The molecule has 0 aliphatic carbocycles. The van der Waals surface area contributed by atoms with E-state index in [0.717, 1.165) is 0 Å². The van der Waals surface area contributed by atoms with Crippen LogP contribution < -0.4 is 0 Å². The lowest BCUT2D eigenvalue weighted by Crippen LogP contribution is -2.22. The third kappa shape index (κ3) is 2.53.